The molecule has 0 aliphatic carbocycles. The number of carbonyl (C=O) groups excluding carboxylic acids is 1. The first-order valence-electron chi connectivity index (χ1n) is 9.13. The van der Waals surface area contributed by atoms with Gasteiger partial charge in [0.25, 0.3) is 0 Å². The lowest BCUT2D eigenvalue weighted by atomic mass is 10.1. The summed E-state index contributed by atoms with van der Waals surface area (Å²) in [5.41, 5.74) is 4.49. The van der Waals surface area contributed by atoms with Gasteiger partial charge in [0.15, 0.2) is 0 Å². The van der Waals surface area contributed by atoms with Crippen LogP contribution in [0.25, 0.3) is 10.9 Å². The normalized spacial score (nSPS) is 14.7. The van der Waals surface area contributed by atoms with Gasteiger partial charge < -0.3 is 9.80 Å². The first-order valence-corrected chi connectivity index (χ1v) is 9.13. The molecule has 1 amide bonds. The molecule has 2 aromatic carbocycles. The molecule has 1 aromatic heterocycles. The average molecular weight is 345 g/mol. The van der Waals surface area contributed by atoms with Crippen LogP contribution in [0.5, 0.6) is 0 Å². The van der Waals surface area contributed by atoms with Crippen molar-refractivity contribution in [3.8, 4) is 0 Å². The number of aryl methyl sites for hydroxylation is 1. The van der Waals surface area contributed by atoms with Crippen LogP contribution >= 0.6 is 0 Å². The fourth-order valence-corrected chi connectivity index (χ4v) is 3.65. The van der Waals surface area contributed by atoms with Gasteiger partial charge in [-0.3, -0.25) is 9.78 Å². The van der Waals surface area contributed by atoms with Crippen LogP contribution in [-0.2, 0) is 11.2 Å². The summed E-state index contributed by atoms with van der Waals surface area (Å²) in [5.74, 6) is 0.214. The monoisotopic (exact) mass is 345 g/mol. The quantitative estimate of drug-likeness (QED) is 0.730. The molecule has 1 aliphatic heterocycles. The van der Waals surface area contributed by atoms with E-state index in [0.717, 1.165) is 48.3 Å². The topological polar surface area (TPSA) is 36.4 Å². The molecule has 0 spiro atoms. The Morgan fingerprint density at radius 2 is 1.77 bits per heavy atom. The molecule has 3 aromatic rings. The fraction of sp³-hybridized carbons (Fsp3) is 0.273. The zero-order chi connectivity index (χ0) is 17.9. The zero-order valence-electron chi connectivity index (χ0n) is 15.1. The summed E-state index contributed by atoms with van der Waals surface area (Å²) >= 11 is 0. The number of rotatable bonds is 3. The van der Waals surface area contributed by atoms with E-state index in [2.05, 4.69) is 53.2 Å². The van der Waals surface area contributed by atoms with E-state index in [9.17, 15) is 4.79 Å². The first-order chi connectivity index (χ1) is 12.7. The lowest BCUT2D eigenvalue weighted by molar-refractivity contribution is -0.130. The van der Waals surface area contributed by atoms with Gasteiger partial charge in [-0.2, -0.15) is 0 Å². The van der Waals surface area contributed by atoms with Crippen molar-refractivity contribution >= 4 is 22.5 Å². The van der Waals surface area contributed by atoms with Crippen molar-refractivity contribution in [2.45, 2.75) is 13.3 Å². The summed E-state index contributed by atoms with van der Waals surface area (Å²) in [7, 11) is 0. The molecule has 26 heavy (non-hydrogen) atoms. The molecular formula is C22H23N3O. The van der Waals surface area contributed by atoms with Gasteiger partial charge in [-0.15, -0.1) is 0 Å². The van der Waals surface area contributed by atoms with E-state index in [1.165, 1.54) is 5.56 Å². The number of nitrogens with zero attached hydrogens (tertiary/aromatic N) is 3. The molecular weight excluding hydrogens is 322 g/mol. The van der Waals surface area contributed by atoms with Gasteiger partial charge in [0.1, 0.15) is 0 Å². The van der Waals surface area contributed by atoms with Crippen LogP contribution in [0.2, 0.25) is 0 Å². The maximum Gasteiger partial charge on any atom is 0.227 e. The minimum Gasteiger partial charge on any atom is -0.366 e. The highest BCUT2D eigenvalue weighted by atomic mass is 16.2. The molecule has 0 N–H and O–H groups in total. The highest BCUT2D eigenvalue weighted by molar-refractivity contribution is 5.90. The second-order valence-corrected chi connectivity index (χ2v) is 6.89. The lowest BCUT2D eigenvalue weighted by Gasteiger charge is -2.36. The van der Waals surface area contributed by atoms with Crippen molar-refractivity contribution in [2.75, 3.05) is 31.1 Å². The highest BCUT2D eigenvalue weighted by Gasteiger charge is 2.22. The summed E-state index contributed by atoms with van der Waals surface area (Å²) < 4.78 is 0. The maximum absolute atomic E-state index is 12.6. The second-order valence-electron chi connectivity index (χ2n) is 6.89. The van der Waals surface area contributed by atoms with Gasteiger partial charge in [-0.05, 0) is 24.6 Å². The largest absolute Gasteiger partial charge is 0.366 e. The van der Waals surface area contributed by atoms with Crippen LogP contribution in [0.15, 0.2) is 60.8 Å². The molecule has 1 aliphatic rings. The van der Waals surface area contributed by atoms with Gasteiger partial charge in [0.05, 0.1) is 17.6 Å². The van der Waals surface area contributed by atoms with Gasteiger partial charge in [-0.25, -0.2) is 0 Å². The van der Waals surface area contributed by atoms with E-state index in [1.807, 2.05) is 29.3 Å². The molecule has 2 heterocycles. The van der Waals surface area contributed by atoms with Crippen molar-refractivity contribution in [3.05, 3.63) is 71.9 Å². The number of aromatic nitrogens is 1. The summed E-state index contributed by atoms with van der Waals surface area (Å²) in [4.78, 5) is 21.5. The summed E-state index contributed by atoms with van der Waals surface area (Å²) in [5, 5.41) is 1.16. The Bertz CT molecular complexity index is 924. The van der Waals surface area contributed by atoms with Gasteiger partial charge in [0.2, 0.25) is 5.91 Å². The third-order valence-electron chi connectivity index (χ3n) is 5.02. The lowest BCUT2D eigenvalue weighted by Crippen LogP contribution is -2.49. The Balaban J connectivity index is 1.43. The number of para-hydroxylation sites is 1. The van der Waals surface area contributed by atoms with Crippen LogP contribution in [0.3, 0.4) is 0 Å². The Kier molecular flexibility index (Phi) is 4.57. The number of hydrogen-bond acceptors (Lipinski definition) is 3. The number of anilines is 1. The molecule has 0 saturated carbocycles. The Labute approximate surface area is 154 Å². The molecule has 4 nitrogen and oxygen atoms in total. The molecule has 0 bridgehead atoms. The fourth-order valence-electron chi connectivity index (χ4n) is 3.65. The smallest absolute Gasteiger partial charge is 0.227 e. The predicted molar refractivity (Wildman–Crippen MR) is 105 cm³/mol. The number of amides is 1. The summed E-state index contributed by atoms with van der Waals surface area (Å²) in [6.07, 6.45) is 2.32. The average Bonchev–Trinajstić information content (AvgIpc) is 2.68. The van der Waals surface area contributed by atoms with Gasteiger partial charge >= 0.3 is 0 Å². The zero-order valence-corrected chi connectivity index (χ0v) is 15.1. The molecule has 4 heteroatoms. The number of pyridine rings is 1. The number of hydrogen-bond donors (Lipinski definition) is 0. The van der Waals surface area contributed by atoms with E-state index in [-0.39, 0.29) is 5.91 Å². The number of fused-ring (bicyclic) bond motifs is 1. The van der Waals surface area contributed by atoms with E-state index >= 15 is 0 Å². The standard InChI is InChI=1S/C22H23N3O/c1-17-5-2-6-18(15-17)16-21(26)25-13-11-24(12-14-25)20-9-3-7-19-8-4-10-23-22(19)20/h2-10,15H,11-14,16H2,1H3. The van der Waals surface area contributed by atoms with E-state index in [4.69, 9.17) is 0 Å². The van der Waals surface area contributed by atoms with Crippen LogP contribution < -0.4 is 4.90 Å². The van der Waals surface area contributed by atoms with Crippen molar-refractivity contribution in [3.63, 3.8) is 0 Å². The molecule has 1 saturated heterocycles. The van der Waals surface area contributed by atoms with Crippen LogP contribution in [0.4, 0.5) is 5.69 Å². The minimum atomic E-state index is 0.214. The van der Waals surface area contributed by atoms with Crippen molar-refractivity contribution < 1.29 is 4.79 Å². The van der Waals surface area contributed by atoms with Crippen LogP contribution in [0.1, 0.15) is 11.1 Å². The number of carbonyl (C=O) groups is 1. The Morgan fingerprint density at radius 1 is 1.00 bits per heavy atom. The Hall–Kier alpha value is -2.88. The van der Waals surface area contributed by atoms with Crippen molar-refractivity contribution in [1.82, 2.24) is 9.88 Å². The van der Waals surface area contributed by atoms with Gasteiger partial charge in [-0.1, -0.05) is 48.0 Å². The minimum absolute atomic E-state index is 0.214. The summed E-state index contributed by atoms with van der Waals surface area (Å²) in [6, 6.07) is 18.6. The summed E-state index contributed by atoms with van der Waals surface area (Å²) in [6.45, 7) is 5.26. The van der Waals surface area contributed by atoms with Gasteiger partial charge in [0, 0.05) is 37.8 Å². The Morgan fingerprint density at radius 3 is 2.58 bits per heavy atom. The first kappa shape index (κ1) is 16.6. The highest BCUT2D eigenvalue weighted by Crippen LogP contribution is 2.25. The van der Waals surface area contributed by atoms with E-state index in [0.29, 0.717) is 6.42 Å². The molecule has 0 radical (unpaired) electrons. The molecule has 4 rings (SSSR count). The number of benzene rings is 2. The SMILES string of the molecule is Cc1cccc(CC(=O)N2CCN(c3cccc4cccnc34)CC2)c1. The van der Waals surface area contributed by atoms with Crippen molar-refractivity contribution in [2.24, 2.45) is 0 Å². The van der Waals surface area contributed by atoms with Crippen molar-refractivity contribution in [1.29, 1.82) is 0 Å². The third-order valence-corrected chi connectivity index (χ3v) is 5.02. The van der Waals surface area contributed by atoms with E-state index < -0.39 is 0 Å². The van der Waals surface area contributed by atoms with Crippen LogP contribution in [0, 0.1) is 6.92 Å². The molecule has 132 valence electrons. The van der Waals surface area contributed by atoms with Crippen LogP contribution in [-0.4, -0.2) is 42.0 Å². The molecule has 1 fully saturated rings. The third kappa shape index (κ3) is 3.40. The number of piperazine rings is 1. The van der Waals surface area contributed by atoms with E-state index in [1.54, 1.807) is 0 Å². The maximum atomic E-state index is 12.6. The molecule has 0 unspecified atom stereocenters. The molecule has 0 atom stereocenters. The predicted octanol–water partition coefficient (Wildman–Crippen LogP) is 3.43. The second kappa shape index (κ2) is 7.16.